The fraction of sp³-hybridized carbons (Fsp3) is 0.667. The van der Waals surface area contributed by atoms with Gasteiger partial charge in [-0.2, -0.15) is 0 Å². The van der Waals surface area contributed by atoms with E-state index >= 15 is 0 Å². The Kier molecular flexibility index (Phi) is 4.32. The topological polar surface area (TPSA) is 87.0 Å². The minimum atomic E-state index is -0.928. The summed E-state index contributed by atoms with van der Waals surface area (Å²) in [6.45, 7) is 5.97. The van der Waals surface area contributed by atoms with Gasteiger partial charge in [0, 0.05) is 18.1 Å². The van der Waals surface area contributed by atoms with Gasteiger partial charge in [-0.1, -0.05) is 19.6 Å². The number of hydrogen-bond donors (Lipinski definition) is 3. The second-order valence-electron chi connectivity index (χ2n) is 5.97. The van der Waals surface area contributed by atoms with Crippen molar-refractivity contribution in [3.63, 3.8) is 0 Å². The molecule has 5 nitrogen and oxygen atoms in total. The number of fused-ring (bicyclic) bond motifs is 1. The van der Waals surface area contributed by atoms with Gasteiger partial charge in [-0.15, -0.1) is 0 Å². The average molecular weight is 282 g/mol. The summed E-state index contributed by atoms with van der Waals surface area (Å²) in [5, 5.41) is 28.0. The summed E-state index contributed by atoms with van der Waals surface area (Å²) >= 11 is 0. The van der Waals surface area contributed by atoms with E-state index in [-0.39, 0.29) is 24.4 Å². The Morgan fingerprint density at radius 2 is 2.30 bits per heavy atom. The molecule has 0 aromatic carbocycles. The molecular weight excluding hydrogens is 260 g/mol. The van der Waals surface area contributed by atoms with Crippen LogP contribution < -0.4 is 0 Å². The molecule has 0 aromatic rings. The number of aliphatic carboxylic acids is 1. The van der Waals surface area contributed by atoms with Crippen LogP contribution in [-0.4, -0.2) is 33.6 Å². The van der Waals surface area contributed by atoms with Crippen molar-refractivity contribution in [1.82, 2.24) is 0 Å². The van der Waals surface area contributed by atoms with Gasteiger partial charge in [-0.05, 0) is 43.1 Å². The Morgan fingerprint density at radius 3 is 2.85 bits per heavy atom. The summed E-state index contributed by atoms with van der Waals surface area (Å²) in [5.41, 5.74) is 0.269. The van der Waals surface area contributed by atoms with E-state index in [0.29, 0.717) is 18.4 Å². The fourth-order valence-corrected chi connectivity index (χ4v) is 3.66. The van der Waals surface area contributed by atoms with E-state index in [9.17, 15) is 20.3 Å². The van der Waals surface area contributed by atoms with Gasteiger partial charge >= 0.3 is 5.97 Å². The summed E-state index contributed by atoms with van der Waals surface area (Å²) in [7, 11) is 0. The normalized spacial score (nSPS) is 35.1. The minimum absolute atomic E-state index is 0.0204. The van der Waals surface area contributed by atoms with Crippen molar-refractivity contribution in [3.8, 4) is 0 Å². The third kappa shape index (κ3) is 2.30. The second kappa shape index (κ2) is 5.68. The molecular formula is C15H22O5. The van der Waals surface area contributed by atoms with Crippen LogP contribution >= 0.6 is 0 Å². The van der Waals surface area contributed by atoms with Crippen LogP contribution in [0, 0.1) is 17.8 Å². The van der Waals surface area contributed by atoms with E-state index < -0.39 is 11.6 Å². The van der Waals surface area contributed by atoms with Crippen molar-refractivity contribution < 1.29 is 25.2 Å². The highest BCUT2D eigenvalue weighted by Gasteiger charge is 2.52. The highest BCUT2D eigenvalue weighted by atomic mass is 17.1. The van der Waals surface area contributed by atoms with Gasteiger partial charge < -0.3 is 10.2 Å². The zero-order chi connectivity index (χ0) is 14.9. The molecule has 0 heterocycles. The standard InChI is InChI=1S/C15H22O5/c1-9(8-16)12-4-3-10(2)15(20-19)6-5-11(14(17)18)7-13(12)15/h7,9,12-13,16,19H,2-6,8H2,1H3,(H,17,18). The van der Waals surface area contributed by atoms with Crippen LogP contribution in [0.4, 0.5) is 0 Å². The SMILES string of the molecule is C=C1CCC(C(C)CO)C2C=C(C(=O)O)CCC12OO. The second-order valence-corrected chi connectivity index (χ2v) is 5.97. The van der Waals surface area contributed by atoms with Gasteiger partial charge in [0.05, 0.1) is 0 Å². The monoisotopic (exact) mass is 282 g/mol. The number of carboxylic acids is 1. The Labute approximate surface area is 118 Å². The molecule has 0 radical (unpaired) electrons. The van der Waals surface area contributed by atoms with Gasteiger partial charge in [0.2, 0.25) is 0 Å². The molecule has 5 heteroatoms. The van der Waals surface area contributed by atoms with E-state index in [4.69, 9.17) is 4.89 Å². The first-order valence-corrected chi connectivity index (χ1v) is 7.02. The molecule has 1 saturated carbocycles. The maximum atomic E-state index is 11.2. The van der Waals surface area contributed by atoms with E-state index in [1.807, 2.05) is 6.92 Å². The molecule has 20 heavy (non-hydrogen) atoms. The highest BCUT2D eigenvalue weighted by Crippen LogP contribution is 2.51. The molecule has 112 valence electrons. The molecule has 0 aliphatic heterocycles. The quantitative estimate of drug-likeness (QED) is 0.418. The number of rotatable bonds is 4. The summed E-state index contributed by atoms with van der Waals surface area (Å²) in [5.74, 6) is -1.09. The number of aliphatic hydroxyl groups is 1. The van der Waals surface area contributed by atoms with Gasteiger partial charge in [0.25, 0.3) is 0 Å². The molecule has 2 aliphatic rings. The van der Waals surface area contributed by atoms with E-state index in [1.54, 1.807) is 6.08 Å². The van der Waals surface area contributed by atoms with Crippen LogP contribution in [0.15, 0.2) is 23.8 Å². The lowest BCUT2D eigenvalue weighted by Crippen LogP contribution is -2.51. The van der Waals surface area contributed by atoms with E-state index in [0.717, 1.165) is 18.4 Å². The Bertz CT molecular complexity index is 442. The lowest BCUT2D eigenvalue weighted by atomic mass is 9.59. The van der Waals surface area contributed by atoms with Crippen LogP contribution in [0.2, 0.25) is 0 Å². The van der Waals surface area contributed by atoms with Crippen LogP contribution in [0.3, 0.4) is 0 Å². The first kappa shape index (κ1) is 15.2. The lowest BCUT2D eigenvalue weighted by molar-refractivity contribution is -0.332. The molecule has 3 N–H and O–H groups in total. The Morgan fingerprint density at radius 1 is 1.60 bits per heavy atom. The molecule has 1 fully saturated rings. The van der Waals surface area contributed by atoms with Crippen molar-refractivity contribution in [3.05, 3.63) is 23.8 Å². The molecule has 0 aromatic heterocycles. The van der Waals surface area contributed by atoms with Crippen LogP contribution in [0.25, 0.3) is 0 Å². The smallest absolute Gasteiger partial charge is 0.331 e. The van der Waals surface area contributed by atoms with Crippen molar-refractivity contribution in [1.29, 1.82) is 0 Å². The first-order valence-electron chi connectivity index (χ1n) is 7.02. The molecule has 0 spiro atoms. The minimum Gasteiger partial charge on any atom is -0.478 e. The van der Waals surface area contributed by atoms with E-state index in [1.165, 1.54) is 0 Å². The summed E-state index contributed by atoms with van der Waals surface area (Å²) in [6, 6.07) is 0. The maximum Gasteiger partial charge on any atom is 0.331 e. The van der Waals surface area contributed by atoms with Gasteiger partial charge in [-0.25, -0.2) is 9.68 Å². The molecule has 0 bridgehead atoms. The maximum absolute atomic E-state index is 11.2. The third-order valence-corrected chi connectivity index (χ3v) is 4.98. The Hall–Kier alpha value is -1.17. The molecule has 2 aliphatic carbocycles. The van der Waals surface area contributed by atoms with Crippen LogP contribution in [0.1, 0.15) is 32.6 Å². The molecule has 0 amide bonds. The zero-order valence-corrected chi connectivity index (χ0v) is 11.7. The van der Waals surface area contributed by atoms with Crippen LogP contribution in [0.5, 0.6) is 0 Å². The average Bonchev–Trinajstić information content (AvgIpc) is 2.46. The fourth-order valence-electron chi connectivity index (χ4n) is 3.66. The van der Waals surface area contributed by atoms with Crippen LogP contribution in [-0.2, 0) is 9.68 Å². The molecule has 0 saturated heterocycles. The predicted octanol–water partition coefficient (Wildman–Crippen LogP) is 2.23. The van der Waals surface area contributed by atoms with Gasteiger partial charge in [-0.3, -0.25) is 5.26 Å². The first-order chi connectivity index (χ1) is 9.46. The molecule has 4 atom stereocenters. The van der Waals surface area contributed by atoms with Crippen molar-refractivity contribution in [2.24, 2.45) is 17.8 Å². The Balaban J connectivity index is 2.43. The van der Waals surface area contributed by atoms with Crippen molar-refractivity contribution in [2.75, 3.05) is 6.61 Å². The number of carboxylic acid groups (broad SMARTS) is 1. The number of aliphatic hydroxyl groups excluding tert-OH is 1. The zero-order valence-electron chi connectivity index (χ0n) is 11.7. The third-order valence-electron chi connectivity index (χ3n) is 4.98. The number of hydrogen-bond acceptors (Lipinski definition) is 4. The van der Waals surface area contributed by atoms with Crippen molar-refractivity contribution in [2.45, 2.75) is 38.2 Å². The lowest BCUT2D eigenvalue weighted by Gasteiger charge is -2.49. The van der Waals surface area contributed by atoms with Crippen molar-refractivity contribution >= 4 is 5.97 Å². The molecule has 4 unspecified atom stereocenters. The van der Waals surface area contributed by atoms with Gasteiger partial charge in [0.1, 0.15) is 5.60 Å². The van der Waals surface area contributed by atoms with Gasteiger partial charge in [0.15, 0.2) is 0 Å². The van der Waals surface area contributed by atoms with E-state index in [2.05, 4.69) is 6.58 Å². The number of carbonyl (C=O) groups is 1. The predicted molar refractivity (Wildman–Crippen MR) is 73.0 cm³/mol. The highest BCUT2D eigenvalue weighted by molar-refractivity contribution is 5.87. The summed E-state index contributed by atoms with van der Waals surface area (Å²) in [4.78, 5) is 16.0. The molecule has 2 rings (SSSR count). The summed E-state index contributed by atoms with van der Waals surface area (Å²) in [6.07, 6.45) is 4.01. The summed E-state index contributed by atoms with van der Waals surface area (Å²) < 4.78 is 0. The largest absolute Gasteiger partial charge is 0.478 e.